The van der Waals surface area contributed by atoms with Crippen LogP contribution in [-0.4, -0.2) is 39.0 Å². The van der Waals surface area contributed by atoms with Gasteiger partial charge in [-0.1, -0.05) is 32.0 Å². The van der Waals surface area contributed by atoms with E-state index in [9.17, 15) is 4.79 Å². The summed E-state index contributed by atoms with van der Waals surface area (Å²) in [5.74, 6) is 1.14. The van der Waals surface area contributed by atoms with Crippen LogP contribution in [0.1, 0.15) is 25.1 Å². The molecule has 0 bridgehead atoms. The SMILES string of the molecule is COc1ccccc1CN(CC(C)C)C(=O)NCc1cnc2cnccn12. The molecule has 7 heteroatoms. The third-order valence-corrected chi connectivity index (χ3v) is 4.24. The summed E-state index contributed by atoms with van der Waals surface area (Å²) in [4.78, 5) is 23.0. The van der Waals surface area contributed by atoms with Gasteiger partial charge in [0.05, 0.1) is 38.3 Å². The molecule has 7 nitrogen and oxygen atoms in total. The van der Waals surface area contributed by atoms with Gasteiger partial charge in [-0.3, -0.25) is 9.38 Å². The Bertz CT molecular complexity index is 906. The number of carbonyl (C=O) groups excluding carboxylic acids is 1. The summed E-state index contributed by atoms with van der Waals surface area (Å²) in [5.41, 5.74) is 2.65. The van der Waals surface area contributed by atoms with E-state index in [1.807, 2.05) is 39.8 Å². The Morgan fingerprint density at radius 1 is 1.30 bits per heavy atom. The van der Waals surface area contributed by atoms with Crippen LogP contribution in [0.5, 0.6) is 5.75 Å². The Labute approximate surface area is 159 Å². The number of imidazole rings is 1. The number of nitrogens with one attached hydrogen (secondary N) is 1. The average Bonchev–Trinajstić information content (AvgIpc) is 3.09. The van der Waals surface area contributed by atoms with Crippen LogP contribution in [-0.2, 0) is 13.1 Å². The van der Waals surface area contributed by atoms with Crippen molar-refractivity contribution in [3.05, 3.63) is 60.3 Å². The maximum Gasteiger partial charge on any atom is 0.318 e. The predicted octanol–water partition coefficient (Wildman–Crippen LogP) is 3.11. The number of aromatic nitrogens is 3. The molecule has 0 radical (unpaired) electrons. The number of hydrogen-bond donors (Lipinski definition) is 1. The first kappa shape index (κ1) is 18.7. The van der Waals surface area contributed by atoms with E-state index in [2.05, 4.69) is 29.1 Å². The number of rotatable bonds is 7. The molecular weight excluding hydrogens is 342 g/mol. The van der Waals surface area contributed by atoms with Gasteiger partial charge in [-0.05, 0) is 12.0 Å². The minimum absolute atomic E-state index is 0.112. The summed E-state index contributed by atoms with van der Waals surface area (Å²) >= 11 is 0. The van der Waals surface area contributed by atoms with E-state index in [4.69, 9.17) is 4.74 Å². The lowest BCUT2D eigenvalue weighted by molar-refractivity contribution is 0.186. The quantitative estimate of drug-likeness (QED) is 0.696. The van der Waals surface area contributed by atoms with E-state index in [0.29, 0.717) is 25.6 Å². The van der Waals surface area contributed by atoms with Gasteiger partial charge in [-0.2, -0.15) is 0 Å². The van der Waals surface area contributed by atoms with Crippen molar-refractivity contribution in [3.8, 4) is 5.75 Å². The number of benzene rings is 1. The van der Waals surface area contributed by atoms with Gasteiger partial charge in [0.1, 0.15) is 5.75 Å². The molecule has 2 aromatic heterocycles. The molecule has 0 atom stereocenters. The highest BCUT2D eigenvalue weighted by molar-refractivity contribution is 5.74. The van der Waals surface area contributed by atoms with Gasteiger partial charge in [0.15, 0.2) is 5.65 Å². The van der Waals surface area contributed by atoms with Crippen LogP contribution in [0, 0.1) is 5.92 Å². The number of nitrogens with zero attached hydrogens (tertiary/aromatic N) is 4. The molecule has 3 rings (SSSR count). The van der Waals surface area contributed by atoms with Crippen LogP contribution in [0.3, 0.4) is 0 Å². The zero-order chi connectivity index (χ0) is 19.2. The minimum Gasteiger partial charge on any atom is -0.496 e. The molecule has 0 saturated heterocycles. The molecule has 2 amide bonds. The van der Waals surface area contributed by atoms with Crippen LogP contribution < -0.4 is 10.1 Å². The number of ether oxygens (including phenoxy) is 1. The molecule has 1 N–H and O–H groups in total. The second-order valence-corrected chi connectivity index (χ2v) is 6.80. The predicted molar refractivity (Wildman–Crippen MR) is 103 cm³/mol. The van der Waals surface area contributed by atoms with Gasteiger partial charge >= 0.3 is 6.03 Å². The van der Waals surface area contributed by atoms with Crippen molar-refractivity contribution in [2.75, 3.05) is 13.7 Å². The highest BCUT2D eigenvalue weighted by Gasteiger charge is 2.17. The smallest absolute Gasteiger partial charge is 0.318 e. The molecule has 1 aromatic carbocycles. The average molecular weight is 367 g/mol. The molecule has 0 fully saturated rings. The molecule has 2 heterocycles. The Hall–Kier alpha value is -3.09. The van der Waals surface area contributed by atoms with Crippen LogP contribution in [0.2, 0.25) is 0 Å². The van der Waals surface area contributed by atoms with E-state index in [0.717, 1.165) is 22.7 Å². The molecule has 0 spiro atoms. The monoisotopic (exact) mass is 367 g/mol. The maximum absolute atomic E-state index is 12.8. The first-order valence-corrected chi connectivity index (χ1v) is 8.99. The molecule has 0 unspecified atom stereocenters. The van der Waals surface area contributed by atoms with Crippen molar-refractivity contribution < 1.29 is 9.53 Å². The van der Waals surface area contributed by atoms with Gasteiger partial charge < -0.3 is 15.0 Å². The number of methoxy groups -OCH3 is 1. The lowest BCUT2D eigenvalue weighted by Gasteiger charge is -2.25. The molecule has 3 aromatic rings. The van der Waals surface area contributed by atoms with Crippen molar-refractivity contribution >= 4 is 11.7 Å². The highest BCUT2D eigenvalue weighted by atomic mass is 16.5. The molecule has 0 saturated carbocycles. The Morgan fingerprint density at radius 3 is 2.89 bits per heavy atom. The first-order valence-electron chi connectivity index (χ1n) is 8.99. The summed E-state index contributed by atoms with van der Waals surface area (Å²) in [7, 11) is 1.64. The lowest BCUT2D eigenvalue weighted by atomic mass is 10.1. The standard InChI is InChI=1S/C20H25N5O2/c1-15(2)13-24(14-16-6-4-5-7-18(16)27-3)20(26)23-11-17-10-22-19-12-21-8-9-25(17)19/h4-10,12,15H,11,13-14H2,1-3H3,(H,23,26). The second-order valence-electron chi connectivity index (χ2n) is 6.80. The van der Waals surface area contributed by atoms with Crippen LogP contribution in [0.15, 0.2) is 49.1 Å². The largest absolute Gasteiger partial charge is 0.496 e. The summed E-state index contributed by atoms with van der Waals surface area (Å²) < 4.78 is 7.34. The third kappa shape index (κ3) is 4.55. The summed E-state index contributed by atoms with van der Waals surface area (Å²) in [6, 6.07) is 7.66. The number of amides is 2. The normalized spacial score (nSPS) is 11.0. The van der Waals surface area contributed by atoms with E-state index < -0.39 is 0 Å². The van der Waals surface area contributed by atoms with Crippen molar-refractivity contribution in [2.24, 2.45) is 5.92 Å². The van der Waals surface area contributed by atoms with Crippen molar-refractivity contribution in [1.29, 1.82) is 0 Å². The number of carbonyl (C=O) groups is 1. The zero-order valence-electron chi connectivity index (χ0n) is 15.9. The second kappa shape index (κ2) is 8.53. The molecule has 0 aliphatic heterocycles. The summed E-state index contributed by atoms with van der Waals surface area (Å²) in [6.45, 7) is 5.73. The zero-order valence-corrected chi connectivity index (χ0v) is 15.9. The summed E-state index contributed by atoms with van der Waals surface area (Å²) in [5, 5.41) is 3.01. The van der Waals surface area contributed by atoms with E-state index in [1.165, 1.54) is 0 Å². The van der Waals surface area contributed by atoms with Gasteiger partial charge in [-0.25, -0.2) is 9.78 Å². The Balaban J connectivity index is 1.71. The van der Waals surface area contributed by atoms with E-state index in [1.54, 1.807) is 25.7 Å². The molecule has 0 aliphatic rings. The molecular formula is C20H25N5O2. The Kier molecular flexibility index (Phi) is 5.90. The van der Waals surface area contributed by atoms with Crippen LogP contribution >= 0.6 is 0 Å². The summed E-state index contributed by atoms with van der Waals surface area (Å²) in [6.07, 6.45) is 6.99. The van der Waals surface area contributed by atoms with Gasteiger partial charge in [0.25, 0.3) is 0 Å². The van der Waals surface area contributed by atoms with E-state index >= 15 is 0 Å². The van der Waals surface area contributed by atoms with Crippen LogP contribution in [0.25, 0.3) is 5.65 Å². The van der Waals surface area contributed by atoms with Gasteiger partial charge in [-0.15, -0.1) is 0 Å². The molecule has 27 heavy (non-hydrogen) atoms. The lowest BCUT2D eigenvalue weighted by Crippen LogP contribution is -2.41. The minimum atomic E-state index is -0.112. The third-order valence-electron chi connectivity index (χ3n) is 4.24. The van der Waals surface area contributed by atoms with Gasteiger partial charge in [0, 0.05) is 24.5 Å². The van der Waals surface area contributed by atoms with E-state index in [-0.39, 0.29) is 6.03 Å². The Morgan fingerprint density at radius 2 is 2.11 bits per heavy atom. The fourth-order valence-electron chi connectivity index (χ4n) is 3.00. The van der Waals surface area contributed by atoms with Crippen LogP contribution in [0.4, 0.5) is 4.79 Å². The topological polar surface area (TPSA) is 71.8 Å². The van der Waals surface area contributed by atoms with Gasteiger partial charge in [0.2, 0.25) is 0 Å². The number of para-hydroxylation sites is 1. The number of hydrogen-bond acceptors (Lipinski definition) is 4. The fourth-order valence-corrected chi connectivity index (χ4v) is 3.00. The number of fused-ring (bicyclic) bond motifs is 1. The first-order chi connectivity index (χ1) is 13.1. The number of urea groups is 1. The molecule has 0 aliphatic carbocycles. The highest BCUT2D eigenvalue weighted by Crippen LogP contribution is 2.20. The van der Waals surface area contributed by atoms with Crippen molar-refractivity contribution in [1.82, 2.24) is 24.6 Å². The van der Waals surface area contributed by atoms with Crippen molar-refractivity contribution in [2.45, 2.75) is 26.9 Å². The maximum atomic E-state index is 12.8. The molecule has 142 valence electrons. The van der Waals surface area contributed by atoms with Crippen molar-refractivity contribution in [3.63, 3.8) is 0 Å². The fraction of sp³-hybridized carbons (Fsp3) is 0.350.